The van der Waals surface area contributed by atoms with Crippen molar-refractivity contribution in [1.29, 1.82) is 0 Å². The number of aromatic nitrogens is 2. The molecule has 6 nitrogen and oxygen atoms in total. The molecule has 0 aromatic carbocycles. The molecule has 0 radical (unpaired) electrons. The van der Waals surface area contributed by atoms with Gasteiger partial charge in [-0.05, 0) is 20.3 Å². The van der Waals surface area contributed by atoms with Crippen molar-refractivity contribution >= 4 is 11.9 Å². The molecule has 0 aliphatic carbocycles. The van der Waals surface area contributed by atoms with Gasteiger partial charge in [-0.25, -0.2) is 4.79 Å². The average Bonchev–Trinajstić information content (AvgIpc) is 2.61. The first kappa shape index (κ1) is 16.2. The van der Waals surface area contributed by atoms with Crippen LogP contribution >= 0.6 is 0 Å². The smallest absolute Gasteiger partial charge is 0.326 e. The first-order chi connectivity index (χ1) is 9.36. The topological polar surface area (TPSA) is 84.2 Å². The summed E-state index contributed by atoms with van der Waals surface area (Å²) in [6.07, 6.45) is 2.31. The van der Waals surface area contributed by atoms with Gasteiger partial charge in [0.2, 0.25) is 5.91 Å². The highest BCUT2D eigenvalue weighted by Gasteiger charge is 2.21. The van der Waals surface area contributed by atoms with Gasteiger partial charge in [0.15, 0.2) is 0 Å². The number of carbonyl (C=O) groups is 2. The summed E-state index contributed by atoms with van der Waals surface area (Å²) in [7, 11) is 1.82. The Labute approximate surface area is 119 Å². The fraction of sp³-hybridized carbons (Fsp3) is 0.643. The van der Waals surface area contributed by atoms with Gasteiger partial charge in [-0.2, -0.15) is 5.10 Å². The van der Waals surface area contributed by atoms with Gasteiger partial charge < -0.3 is 10.4 Å². The quantitative estimate of drug-likeness (QED) is 0.790. The molecule has 2 N–H and O–H groups in total. The lowest BCUT2D eigenvalue weighted by Gasteiger charge is -2.14. The summed E-state index contributed by atoms with van der Waals surface area (Å²) < 4.78 is 1.73. The lowest BCUT2D eigenvalue weighted by Crippen LogP contribution is -2.41. The van der Waals surface area contributed by atoms with E-state index in [4.69, 9.17) is 5.11 Å². The van der Waals surface area contributed by atoms with Gasteiger partial charge in [-0.1, -0.05) is 19.8 Å². The Bertz CT molecular complexity index is 494. The second-order valence-corrected chi connectivity index (χ2v) is 5.05. The zero-order valence-corrected chi connectivity index (χ0v) is 12.6. The molecule has 20 heavy (non-hydrogen) atoms. The van der Waals surface area contributed by atoms with Crippen molar-refractivity contribution in [2.45, 2.75) is 52.5 Å². The summed E-state index contributed by atoms with van der Waals surface area (Å²) >= 11 is 0. The predicted molar refractivity (Wildman–Crippen MR) is 75.5 cm³/mol. The number of rotatable bonds is 7. The van der Waals surface area contributed by atoms with Gasteiger partial charge in [0.25, 0.3) is 0 Å². The van der Waals surface area contributed by atoms with Crippen LogP contribution in [0, 0.1) is 13.8 Å². The van der Waals surface area contributed by atoms with Crippen LogP contribution in [0.4, 0.5) is 0 Å². The molecule has 0 aliphatic heterocycles. The first-order valence-corrected chi connectivity index (χ1v) is 6.88. The van der Waals surface area contributed by atoms with Gasteiger partial charge in [-0.15, -0.1) is 0 Å². The SMILES string of the molecule is CCCCC(NC(=O)Cc1c(C)nn(C)c1C)C(=O)O. The van der Waals surface area contributed by atoms with Crippen LogP contribution in [0.15, 0.2) is 0 Å². The number of amides is 1. The van der Waals surface area contributed by atoms with Gasteiger partial charge in [0.05, 0.1) is 12.1 Å². The summed E-state index contributed by atoms with van der Waals surface area (Å²) in [4.78, 5) is 23.1. The average molecular weight is 281 g/mol. The fourth-order valence-electron chi connectivity index (χ4n) is 2.14. The van der Waals surface area contributed by atoms with Crippen LogP contribution < -0.4 is 5.32 Å². The second-order valence-electron chi connectivity index (χ2n) is 5.05. The zero-order valence-electron chi connectivity index (χ0n) is 12.6. The van der Waals surface area contributed by atoms with E-state index in [0.29, 0.717) is 6.42 Å². The molecule has 1 unspecified atom stereocenters. The number of hydrogen-bond donors (Lipinski definition) is 2. The molecule has 0 bridgehead atoms. The number of nitrogens with zero attached hydrogens (tertiary/aromatic N) is 2. The molecule has 1 amide bonds. The van der Waals surface area contributed by atoms with Crippen molar-refractivity contribution in [3.05, 3.63) is 17.0 Å². The van der Waals surface area contributed by atoms with E-state index in [2.05, 4.69) is 10.4 Å². The zero-order chi connectivity index (χ0) is 15.3. The van der Waals surface area contributed by atoms with Gasteiger partial charge in [-0.3, -0.25) is 9.48 Å². The van der Waals surface area contributed by atoms with E-state index >= 15 is 0 Å². The Kier molecular flexibility index (Phi) is 5.73. The van der Waals surface area contributed by atoms with E-state index in [1.54, 1.807) is 4.68 Å². The van der Waals surface area contributed by atoms with Crippen LogP contribution in [-0.4, -0.2) is 32.8 Å². The number of hydrogen-bond acceptors (Lipinski definition) is 3. The summed E-state index contributed by atoms with van der Waals surface area (Å²) in [6.45, 7) is 5.73. The number of carboxylic acid groups (broad SMARTS) is 1. The highest BCUT2D eigenvalue weighted by atomic mass is 16.4. The summed E-state index contributed by atoms with van der Waals surface area (Å²) in [5.74, 6) is -1.25. The summed E-state index contributed by atoms with van der Waals surface area (Å²) in [5.41, 5.74) is 2.60. The molecule has 1 aromatic rings. The minimum Gasteiger partial charge on any atom is -0.480 e. The molecule has 1 atom stereocenters. The van der Waals surface area contributed by atoms with Crippen molar-refractivity contribution in [1.82, 2.24) is 15.1 Å². The maximum absolute atomic E-state index is 12.0. The first-order valence-electron chi connectivity index (χ1n) is 6.88. The number of aliphatic carboxylic acids is 1. The molecule has 0 aliphatic rings. The van der Waals surface area contributed by atoms with Crippen molar-refractivity contribution < 1.29 is 14.7 Å². The van der Waals surface area contributed by atoms with Gasteiger partial charge in [0.1, 0.15) is 6.04 Å². The Balaban J connectivity index is 2.68. The third-order valence-corrected chi connectivity index (χ3v) is 3.48. The lowest BCUT2D eigenvalue weighted by molar-refractivity contribution is -0.142. The number of carboxylic acids is 1. The van der Waals surface area contributed by atoms with Crippen molar-refractivity contribution in [2.75, 3.05) is 0 Å². The maximum atomic E-state index is 12.0. The highest BCUT2D eigenvalue weighted by Crippen LogP contribution is 2.12. The van der Waals surface area contributed by atoms with Crippen LogP contribution in [0.1, 0.15) is 43.1 Å². The number of carbonyl (C=O) groups excluding carboxylic acids is 1. The normalized spacial score (nSPS) is 12.2. The van der Waals surface area contributed by atoms with Crippen molar-refractivity contribution in [3.63, 3.8) is 0 Å². The van der Waals surface area contributed by atoms with E-state index in [1.165, 1.54) is 0 Å². The molecule has 112 valence electrons. The second kappa shape index (κ2) is 7.07. The van der Waals surface area contributed by atoms with E-state index < -0.39 is 12.0 Å². The third kappa shape index (κ3) is 4.08. The molecule has 0 saturated heterocycles. The van der Waals surface area contributed by atoms with Crippen molar-refractivity contribution in [2.24, 2.45) is 7.05 Å². The third-order valence-electron chi connectivity index (χ3n) is 3.48. The molecule has 1 rings (SSSR count). The maximum Gasteiger partial charge on any atom is 0.326 e. The standard InChI is InChI=1S/C14H23N3O3/c1-5-6-7-12(14(19)20)15-13(18)8-11-9(2)16-17(4)10(11)3/h12H,5-8H2,1-4H3,(H,15,18)(H,19,20). The van der Waals surface area contributed by atoms with Gasteiger partial charge in [0, 0.05) is 18.3 Å². The van der Waals surface area contributed by atoms with Crippen LogP contribution in [0.3, 0.4) is 0 Å². The van der Waals surface area contributed by atoms with Crippen LogP contribution in [-0.2, 0) is 23.1 Å². The Morgan fingerprint density at radius 1 is 1.40 bits per heavy atom. The van der Waals surface area contributed by atoms with Crippen LogP contribution in [0.2, 0.25) is 0 Å². The number of unbranched alkanes of at least 4 members (excludes halogenated alkanes) is 1. The molecule has 6 heteroatoms. The Morgan fingerprint density at radius 2 is 2.05 bits per heavy atom. The van der Waals surface area contributed by atoms with Crippen molar-refractivity contribution in [3.8, 4) is 0 Å². The van der Waals surface area contributed by atoms with Crippen LogP contribution in [0.25, 0.3) is 0 Å². The summed E-state index contributed by atoms with van der Waals surface area (Å²) in [5, 5.41) is 15.9. The van der Waals surface area contributed by atoms with E-state index in [9.17, 15) is 9.59 Å². The van der Waals surface area contributed by atoms with Crippen LogP contribution in [0.5, 0.6) is 0 Å². The Hall–Kier alpha value is -1.85. The predicted octanol–water partition coefficient (Wildman–Crippen LogP) is 1.34. The molecular weight excluding hydrogens is 258 g/mol. The monoisotopic (exact) mass is 281 g/mol. The molecule has 0 fully saturated rings. The van der Waals surface area contributed by atoms with Gasteiger partial charge >= 0.3 is 5.97 Å². The number of nitrogens with one attached hydrogen (secondary N) is 1. The molecule has 1 heterocycles. The molecule has 1 aromatic heterocycles. The van der Waals surface area contributed by atoms with E-state index in [-0.39, 0.29) is 12.3 Å². The molecule has 0 spiro atoms. The largest absolute Gasteiger partial charge is 0.480 e. The fourth-order valence-corrected chi connectivity index (χ4v) is 2.14. The minimum atomic E-state index is -0.980. The lowest BCUT2D eigenvalue weighted by atomic mass is 10.1. The number of aryl methyl sites for hydroxylation is 2. The molecule has 0 saturated carbocycles. The minimum absolute atomic E-state index is 0.168. The molecular formula is C14H23N3O3. The van der Waals surface area contributed by atoms with E-state index in [0.717, 1.165) is 29.8 Å². The van der Waals surface area contributed by atoms with E-state index in [1.807, 2.05) is 27.8 Å². The Morgan fingerprint density at radius 3 is 2.50 bits per heavy atom. The summed E-state index contributed by atoms with van der Waals surface area (Å²) in [6, 6.07) is -0.806. The highest BCUT2D eigenvalue weighted by molar-refractivity contribution is 5.85.